The van der Waals surface area contributed by atoms with Crippen LogP contribution in [0.15, 0.2) is 0 Å². The van der Waals surface area contributed by atoms with E-state index in [0.29, 0.717) is 19.1 Å². The molecule has 1 rings (SSSR count). The Kier molecular flexibility index (Phi) is 4.95. The summed E-state index contributed by atoms with van der Waals surface area (Å²) in [7, 11) is 0. The molecule has 4 heteroatoms. The van der Waals surface area contributed by atoms with Crippen molar-refractivity contribution < 1.29 is 0 Å². The van der Waals surface area contributed by atoms with E-state index in [9.17, 15) is 0 Å². The second-order valence-corrected chi connectivity index (χ2v) is 6.57. The summed E-state index contributed by atoms with van der Waals surface area (Å²) in [5.74, 6) is 0. The molecule has 102 valence electrons. The summed E-state index contributed by atoms with van der Waals surface area (Å²) in [4.78, 5) is 2.46. The van der Waals surface area contributed by atoms with Crippen LogP contribution in [0.3, 0.4) is 0 Å². The van der Waals surface area contributed by atoms with Crippen molar-refractivity contribution in [2.45, 2.75) is 57.7 Å². The molecule has 1 aliphatic rings. The maximum Gasteiger partial charge on any atom is 0.0145 e. The number of piperidine rings is 1. The summed E-state index contributed by atoms with van der Waals surface area (Å²) in [6.07, 6.45) is 2.33. The van der Waals surface area contributed by atoms with Gasteiger partial charge in [-0.1, -0.05) is 0 Å². The maximum absolute atomic E-state index is 5.70. The molecule has 1 heterocycles. The average Bonchev–Trinajstić information content (AvgIpc) is 2.12. The van der Waals surface area contributed by atoms with Gasteiger partial charge in [0.2, 0.25) is 0 Å². The molecule has 0 radical (unpaired) electrons. The predicted molar refractivity (Wildman–Crippen MR) is 74.0 cm³/mol. The number of hydrogen-bond donors (Lipinski definition) is 3. The largest absolute Gasteiger partial charge is 0.329 e. The van der Waals surface area contributed by atoms with E-state index in [0.717, 1.165) is 25.9 Å². The summed E-state index contributed by atoms with van der Waals surface area (Å²) in [5, 5.41) is 3.71. The minimum atomic E-state index is 0.188. The Morgan fingerprint density at radius 1 is 1.00 bits per heavy atom. The van der Waals surface area contributed by atoms with Crippen molar-refractivity contribution >= 4 is 0 Å². The minimum absolute atomic E-state index is 0.188. The van der Waals surface area contributed by atoms with E-state index in [1.165, 1.54) is 0 Å². The first-order chi connectivity index (χ1) is 7.79. The molecule has 0 bridgehead atoms. The summed E-state index contributed by atoms with van der Waals surface area (Å²) in [5.41, 5.74) is 11.8. The SMILES string of the molecule is CC1(C)CC(N(CCN)CCN)CC(C)(C)N1. The highest BCUT2D eigenvalue weighted by Gasteiger charge is 2.39. The molecule has 1 saturated heterocycles. The lowest BCUT2D eigenvalue weighted by Crippen LogP contribution is -2.62. The van der Waals surface area contributed by atoms with Crippen LogP contribution in [0.2, 0.25) is 0 Å². The molecule has 0 aromatic heterocycles. The van der Waals surface area contributed by atoms with Gasteiger partial charge in [-0.05, 0) is 40.5 Å². The van der Waals surface area contributed by atoms with E-state index >= 15 is 0 Å². The van der Waals surface area contributed by atoms with Gasteiger partial charge in [0.05, 0.1) is 0 Å². The monoisotopic (exact) mass is 242 g/mol. The summed E-state index contributed by atoms with van der Waals surface area (Å²) in [6.45, 7) is 12.5. The quantitative estimate of drug-likeness (QED) is 0.657. The number of nitrogens with one attached hydrogen (secondary N) is 1. The number of nitrogens with zero attached hydrogens (tertiary/aromatic N) is 1. The molecular weight excluding hydrogens is 212 g/mol. The Bertz CT molecular complexity index is 216. The maximum atomic E-state index is 5.70. The molecule has 0 saturated carbocycles. The number of rotatable bonds is 5. The van der Waals surface area contributed by atoms with Gasteiger partial charge in [0.1, 0.15) is 0 Å². The van der Waals surface area contributed by atoms with Gasteiger partial charge in [-0.15, -0.1) is 0 Å². The van der Waals surface area contributed by atoms with Gasteiger partial charge in [0.25, 0.3) is 0 Å². The van der Waals surface area contributed by atoms with Gasteiger partial charge in [-0.25, -0.2) is 0 Å². The predicted octanol–water partition coefficient (Wildman–Crippen LogP) is 0.515. The summed E-state index contributed by atoms with van der Waals surface area (Å²) < 4.78 is 0. The minimum Gasteiger partial charge on any atom is -0.329 e. The molecule has 0 spiro atoms. The first kappa shape index (κ1) is 14.9. The van der Waals surface area contributed by atoms with E-state index < -0.39 is 0 Å². The smallest absolute Gasteiger partial charge is 0.0145 e. The van der Waals surface area contributed by atoms with Crippen molar-refractivity contribution in [2.24, 2.45) is 11.5 Å². The average molecular weight is 242 g/mol. The fourth-order valence-corrected chi connectivity index (χ4v) is 3.34. The Hall–Kier alpha value is -0.160. The van der Waals surface area contributed by atoms with Crippen molar-refractivity contribution in [3.63, 3.8) is 0 Å². The van der Waals surface area contributed by atoms with Crippen molar-refractivity contribution in [3.8, 4) is 0 Å². The molecule has 5 N–H and O–H groups in total. The zero-order valence-corrected chi connectivity index (χ0v) is 11.9. The molecule has 0 atom stereocenters. The van der Waals surface area contributed by atoms with Crippen LogP contribution in [0, 0.1) is 0 Å². The Morgan fingerprint density at radius 2 is 1.41 bits per heavy atom. The van der Waals surface area contributed by atoms with Crippen molar-refractivity contribution in [1.82, 2.24) is 10.2 Å². The van der Waals surface area contributed by atoms with Crippen LogP contribution < -0.4 is 16.8 Å². The van der Waals surface area contributed by atoms with E-state index in [1.54, 1.807) is 0 Å². The Morgan fingerprint density at radius 3 is 1.76 bits per heavy atom. The second kappa shape index (κ2) is 5.65. The van der Waals surface area contributed by atoms with Crippen molar-refractivity contribution in [2.75, 3.05) is 26.2 Å². The molecule has 1 aliphatic heterocycles. The summed E-state index contributed by atoms with van der Waals surface area (Å²) in [6, 6.07) is 0.591. The highest BCUT2D eigenvalue weighted by atomic mass is 15.2. The van der Waals surface area contributed by atoms with Crippen LogP contribution in [0.1, 0.15) is 40.5 Å². The van der Waals surface area contributed by atoms with Gasteiger partial charge in [0.15, 0.2) is 0 Å². The van der Waals surface area contributed by atoms with Crippen molar-refractivity contribution in [1.29, 1.82) is 0 Å². The Balaban J connectivity index is 2.73. The normalized spacial score (nSPS) is 24.2. The molecule has 0 aliphatic carbocycles. The lowest BCUT2D eigenvalue weighted by molar-refractivity contribution is 0.0696. The molecular formula is C13H30N4. The highest BCUT2D eigenvalue weighted by molar-refractivity contribution is 5.00. The van der Waals surface area contributed by atoms with Crippen LogP contribution in [0.25, 0.3) is 0 Å². The highest BCUT2D eigenvalue weighted by Crippen LogP contribution is 2.31. The van der Waals surface area contributed by atoms with Crippen LogP contribution in [-0.4, -0.2) is 48.2 Å². The van der Waals surface area contributed by atoms with E-state index in [2.05, 4.69) is 37.9 Å². The Labute approximate surface area is 106 Å². The lowest BCUT2D eigenvalue weighted by atomic mass is 9.79. The van der Waals surface area contributed by atoms with Crippen LogP contribution in [0.5, 0.6) is 0 Å². The van der Waals surface area contributed by atoms with E-state index in [-0.39, 0.29) is 11.1 Å². The van der Waals surface area contributed by atoms with Crippen LogP contribution in [0.4, 0.5) is 0 Å². The van der Waals surface area contributed by atoms with Crippen molar-refractivity contribution in [3.05, 3.63) is 0 Å². The fourth-order valence-electron chi connectivity index (χ4n) is 3.34. The topological polar surface area (TPSA) is 67.3 Å². The standard InChI is InChI=1S/C13H30N4/c1-12(2)9-11(10-13(3,4)16-12)17(7-5-14)8-6-15/h11,16H,5-10,14-15H2,1-4H3. The van der Waals surface area contributed by atoms with Gasteiger partial charge in [-0.3, -0.25) is 4.90 Å². The van der Waals surface area contributed by atoms with Crippen LogP contribution in [-0.2, 0) is 0 Å². The third kappa shape index (κ3) is 4.54. The molecule has 0 amide bonds. The van der Waals surface area contributed by atoms with Gasteiger partial charge in [0, 0.05) is 43.3 Å². The lowest BCUT2D eigenvalue weighted by Gasteiger charge is -2.49. The third-order valence-electron chi connectivity index (χ3n) is 3.52. The fraction of sp³-hybridized carbons (Fsp3) is 1.00. The number of hydrogen-bond acceptors (Lipinski definition) is 4. The first-order valence-electron chi connectivity index (χ1n) is 6.73. The van der Waals surface area contributed by atoms with Gasteiger partial charge >= 0.3 is 0 Å². The zero-order valence-electron chi connectivity index (χ0n) is 11.9. The molecule has 4 nitrogen and oxygen atoms in total. The molecule has 17 heavy (non-hydrogen) atoms. The molecule has 0 aromatic rings. The van der Waals surface area contributed by atoms with Gasteiger partial charge in [-0.2, -0.15) is 0 Å². The second-order valence-electron chi connectivity index (χ2n) is 6.57. The third-order valence-corrected chi connectivity index (χ3v) is 3.52. The van der Waals surface area contributed by atoms with Gasteiger partial charge < -0.3 is 16.8 Å². The first-order valence-corrected chi connectivity index (χ1v) is 6.73. The molecule has 1 fully saturated rings. The summed E-state index contributed by atoms with van der Waals surface area (Å²) >= 11 is 0. The molecule has 0 aromatic carbocycles. The molecule has 0 unspecified atom stereocenters. The number of nitrogens with two attached hydrogens (primary N) is 2. The van der Waals surface area contributed by atoms with Crippen LogP contribution >= 0.6 is 0 Å². The van der Waals surface area contributed by atoms with E-state index in [1.807, 2.05) is 0 Å². The zero-order chi connectivity index (χ0) is 13.1. The van der Waals surface area contributed by atoms with E-state index in [4.69, 9.17) is 11.5 Å².